The number of amides is 1. The van der Waals surface area contributed by atoms with Gasteiger partial charge < -0.3 is 10.1 Å². The van der Waals surface area contributed by atoms with E-state index in [1.165, 1.54) is 0 Å². The molecule has 0 saturated carbocycles. The van der Waals surface area contributed by atoms with Gasteiger partial charge in [-0.05, 0) is 53.2 Å². The summed E-state index contributed by atoms with van der Waals surface area (Å²) in [5, 5.41) is 2.92. The van der Waals surface area contributed by atoms with E-state index in [2.05, 4.69) is 40.1 Å². The standard InChI is InChI=1S/C15H21BrN2O2/c1-9(2)13-11(5-4-6-20-13)15(19)18-14-12(16)7-10(3)8-17-14/h7-9,11,13H,4-6H2,1-3H3,(H,17,18,19). The number of hydrogen-bond donors (Lipinski definition) is 1. The molecular weight excluding hydrogens is 320 g/mol. The number of anilines is 1. The number of pyridine rings is 1. The third-order valence-electron chi connectivity index (χ3n) is 3.58. The Bertz CT molecular complexity index is 491. The fourth-order valence-corrected chi connectivity index (χ4v) is 3.14. The van der Waals surface area contributed by atoms with Gasteiger partial charge in [0.05, 0.1) is 16.5 Å². The molecule has 0 spiro atoms. The summed E-state index contributed by atoms with van der Waals surface area (Å²) in [4.78, 5) is 16.7. The van der Waals surface area contributed by atoms with E-state index in [4.69, 9.17) is 4.74 Å². The summed E-state index contributed by atoms with van der Waals surface area (Å²) < 4.78 is 6.58. The molecule has 4 nitrogen and oxygen atoms in total. The van der Waals surface area contributed by atoms with Gasteiger partial charge in [-0.3, -0.25) is 4.79 Å². The molecule has 1 fully saturated rings. The molecule has 0 bridgehead atoms. The van der Waals surface area contributed by atoms with Gasteiger partial charge >= 0.3 is 0 Å². The van der Waals surface area contributed by atoms with Crippen LogP contribution in [-0.2, 0) is 9.53 Å². The van der Waals surface area contributed by atoms with Gasteiger partial charge in [0.1, 0.15) is 5.82 Å². The number of carbonyl (C=O) groups is 1. The van der Waals surface area contributed by atoms with E-state index in [9.17, 15) is 4.79 Å². The van der Waals surface area contributed by atoms with Crippen molar-refractivity contribution in [1.29, 1.82) is 0 Å². The maximum Gasteiger partial charge on any atom is 0.231 e. The van der Waals surface area contributed by atoms with Gasteiger partial charge in [-0.1, -0.05) is 13.8 Å². The molecule has 20 heavy (non-hydrogen) atoms. The van der Waals surface area contributed by atoms with Crippen molar-refractivity contribution >= 4 is 27.7 Å². The number of rotatable bonds is 3. The first-order valence-electron chi connectivity index (χ1n) is 7.03. The maximum absolute atomic E-state index is 12.5. The molecule has 0 radical (unpaired) electrons. The molecule has 1 aromatic rings. The molecule has 1 amide bonds. The quantitative estimate of drug-likeness (QED) is 0.915. The molecule has 2 unspecified atom stereocenters. The van der Waals surface area contributed by atoms with Crippen LogP contribution in [0.2, 0.25) is 0 Å². The van der Waals surface area contributed by atoms with E-state index >= 15 is 0 Å². The normalized spacial score (nSPS) is 22.9. The van der Waals surface area contributed by atoms with Gasteiger partial charge in [0.15, 0.2) is 0 Å². The van der Waals surface area contributed by atoms with Crippen molar-refractivity contribution in [3.05, 3.63) is 22.3 Å². The highest BCUT2D eigenvalue weighted by Crippen LogP contribution is 2.28. The highest BCUT2D eigenvalue weighted by Gasteiger charge is 2.34. The van der Waals surface area contributed by atoms with Crippen LogP contribution in [0.15, 0.2) is 16.7 Å². The van der Waals surface area contributed by atoms with Crippen molar-refractivity contribution in [2.45, 2.75) is 39.7 Å². The molecule has 1 saturated heterocycles. The zero-order valence-corrected chi connectivity index (χ0v) is 13.7. The van der Waals surface area contributed by atoms with Gasteiger partial charge in [-0.15, -0.1) is 0 Å². The first kappa shape index (κ1) is 15.4. The molecular formula is C15H21BrN2O2. The SMILES string of the molecule is Cc1cnc(NC(=O)C2CCCOC2C(C)C)c(Br)c1. The highest BCUT2D eigenvalue weighted by molar-refractivity contribution is 9.10. The molecule has 1 aliphatic rings. The average molecular weight is 341 g/mol. The lowest BCUT2D eigenvalue weighted by atomic mass is 9.87. The van der Waals surface area contributed by atoms with Crippen LogP contribution >= 0.6 is 15.9 Å². The third-order valence-corrected chi connectivity index (χ3v) is 4.18. The summed E-state index contributed by atoms with van der Waals surface area (Å²) in [6.07, 6.45) is 3.55. The zero-order valence-electron chi connectivity index (χ0n) is 12.1. The second-order valence-corrected chi connectivity index (χ2v) is 6.51. The largest absolute Gasteiger partial charge is 0.377 e. The second-order valence-electron chi connectivity index (χ2n) is 5.66. The Morgan fingerprint density at radius 2 is 2.30 bits per heavy atom. The van der Waals surface area contributed by atoms with Crippen LogP contribution in [0.3, 0.4) is 0 Å². The Hall–Kier alpha value is -0.940. The number of nitrogens with zero attached hydrogens (tertiary/aromatic N) is 1. The van der Waals surface area contributed by atoms with Crippen LogP contribution in [0.1, 0.15) is 32.3 Å². The lowest BCUT2D eigenvalue weighted by Gasteiger charge is -2.33. The smallest absolute Gasteiger partial charge is 0.231 e. The molecule has 0 aliphatic carbocycles. The molecule has 2 rings (SSSR count). The van der Waals surface area contributed by atoms with Gasteiger partial charge in [-0.25, -0.2) is 4.98 Å². The number of halogens is 1. The van der Waals surface area contributed by atoms with Crippen molar-refractivity contribution in [3.8, 4) is 0 Å². The van der Waals surface area contributed by atoms with Crippen molar-refractivity contribution in [3.63, 3.8) is 0 Å². The first-order valence-corrected chi connectivity index (χ1v) is 7.83. The molecule has 110 valence electrons. The Morgan fingerprint density at radius 1 is 1.55 bits per heavy atom. The summed E-state index contributed by atoms with van der Waals surface area (Å²) >= 11 is 3.44. The zero-order chi connectivity index (χ0) is 14.7. The van der Waals surface area contributed by atoms with E-state index in [0.29, 0.717) is 11.7 Å². The van der Waals surface area contributed by atoms with Crippen molar-refractivity contribution < 1.29 is 9.53 Å². The summed E-state index contributed by atoms with van der Waals surface area (Å²) in [5.74, 6) is 0.813. The lowest BCUT2D eigenvalue weighted by molar-refractivity contribution is -0.131. The van der Waals surface area contributed by atoms with E-state index < -0.39 is 0 Å². The van der Waals surface area contributed by atoms with Gasteiger partial charge in [-0.2, -0.15) is 0 Å². The number of hydrogen-bond acceptors (Lipinski definition) is 3. The summed E-state index contributed by atoms with van der Waals surface area (Å²) in [7, 11) is 0. The molecule has 2 atom stereocenters. The molecule has 1 aliphatic heterocycles. The number of ether oxygens (including phenoxy) is 1. The monoisotopic (exact) mass is 340 g/mol. The molecule has 1 N–H and O–H groups in total. The lowest BCUT2D eigenvalue weighted by Crippen LogP contribution is -2.41. The predicted octanol–water partition coefficient (Wildman–Crippen LogP) is 3.54. The first-order chi connectivity index (χ1) is 9.49. The minimum Gasteiger partial charge on any atom is -0.377 e. The fraction of sp³-hybridized carbons (Fsp3) is 0.600. The van der Waals surface area contributed by atoms with E-state index in [-0.39, 0.29) is 17.9 Å². The molecule has 1 aromatic heterocycles. The van der Waals surface area contributed by atoms with Gasteiger partial charge in [0.2, 0.25) is 5.91 Å². The molecule has 2 heterocycles. The molecule has 0 aromatic carbocycles. The topological polar surface area (TPSA) is 51.2 Å². The number of aromatic nitrogens is 1. The van der Waals surface area contributed by atoms with E-state index in [1.54, 1.807) is 6.20 Å². The van der Waals surface area contributed by atoms with Crippen LogP contribution in [-0.4, -0.2) is 23.6 Å². The number of aryl methyl sites for hydroxylation is 1. The minimum atomic E-state index is -0.0984. The number of carbonyl (C=O) groups excluding carboxylic acids is 1. The van der Waals surface area contributed by atoms with Crippen LogP contribution < -0.4 is 5.32 Å². The van der Waals surface area contributed by atoms with E-state index in [0.717, 1.165) is 29.5 Å². The van der Waals surface area contributed by atoms with Gasteiger partial charge in [0.25, 0.3) is 0 Å². The van der Waals surface area contributed by atoms with Crippen LogP contribution in [0, 0.1) is 18.8 Å². The fourth-order valence-electron chi connectivity index (χ4n) is 2.58. The van der Waals surface area contributed by atoms with Crippen molar-refractivity contribution in [2.75, 3.05) is 11.9 Å². The van der Waals surface area contributed by atoms with Crippen molar-refractivity contribution in [1.82, 2.24) is 4.98 Å². The van der Waals surface area contributed by atoms with Gasteiger partial charge in [0, 0.05) is 12.8 Å². The number of nitrogens with one attached hydrogen (secondary N) is 1. The summed E-state index contributed by atoms with van der Waals surface area (Å²) in [6.45, 7) is 6.90. The Kier molecular flexibility index (Phi) is 5.16. The Morgan fingerprint density at radius 3 is 2.95 bits per heavy atom. The van der Waals surface area contributed by atoms with Crippen LogP contribution in [0.5, 0.6) is 0 Å². The third kappa shape index (κ3) is 3.58. The van der Waals surface area contributed by atoms with E-state index in [1.807, 2.05) is 13.0 Å². The minimum absolute atomic E-state index is 0.000420. The Balaban J connectivity index is 2.10. The highest BCUT2D eigenvalue weighted by atomic mass is 79.9. The maximum atomic E-state index is 12.5. The second kappa shape index (κ2) is 6.68. The summed E-state index contributed by atoms with van der Waals surface area (Å²) in [6, 6.07) is 1.94. The predicted molar refractivity (Wildman–Crippen MR) is 82.6 cm³/mol. The van der Waals surface area contributed by atoms with Crippen LogP contribution in [0.4, 0.5) is 5.82 Å². The Labute approximate surface area is 128 Å². The average Bonchev–Trinajstić information content (AvgIpc) is 2.41. The molecule has 5 heteroatoms. The van der Waals surface area contributed by atoms with Crippen molar-refractivity contribution in [2.24, 2.45) is 11.8 Å². The summed E-state index contributed by atoms with van der Waals surface area (Å²) in [5.41, 5.74) is 1.05. The van der Waals surface area contributed by atoms with Crippen LogP contribution in [0.25, 0.3) is 0 Å².